The summed E-state index contributed by atoms with van der Waals surface area (Å²) in [6.45, 7) is 28.6. The molecule has 0 N–H and O–H groups in total. The summed E-state index contributed by atoms with van der Waals surface area (Å²) >= 11 is 0. The molecule has 0 saturated heterocycles. The van der Waals surface area contributed by atoms with Gasteiger partial charge in [-0.15, -0.1) is 0 Å². The largest absolute Gasteiger partial charge is 0.462 e. The maximum atomic E-state index is 11.5. The maximum absolute atomic E-state index is 11.5. The highest BCUT2D eigenvalue weighted by molar-refractivity contribution is 6.86. The monoisotopic (exact) mass is 522 g/mol. The zero-order valence-electron chi connectivity index (χ0n) is 22.9. The van der Waals surface area contributed by atoms with Gasteiger partial charge in [0.05, 0.1) is 6.61 Å². The van der Waals surface area contributed by atoms with Crippen LogP contribution < -0.4 is 0 Å². The Morgan fingerprint density at radius 3 is 1.88 bits per heavy atom. The second-order valence-electron chi connectivity index (χ2n) is 11.4. The number of carbonyl (C=O) groups excluding carboxylic acids is 1. The van der Waals surface area contributed by atoms with Gasteiger partial charge in [0, 0.05) is 19.3 Å². The Labute approximate surface area is 202 Å². The average molecular weight is 523 g/mol. The predicted molar refractivity (Wildman–Crippen MR) is 144 cm³/mol. The molecule has 1 unspecified atom stereocenters. The van der Waals surface area contributed by atoms with E-state index in [0.29, 0.717) is 18.6 Å². The molecular weight excluding hydrogens is 473 g/mol. The summed E-state index contributed by atoms with van der Waals surface area (Å²) in [6, 6.07) is 1.79. The third kappa shape index (κ3) is 12.4. The molecule has 0 saturated carbocycles. The second-order valence-corrected chi connectivity index (χ2v) is 27.9. The molecule has 0 bridgehead atoms. The maximum Gasteiger partial charge on any atom is 0.333 e. The molecule has 6 nitrogen and oxygen atoms in total. The van der Waals surface area contributed by atoms with Gasteiger partial charge in [-0.2, -0.15) is 0 Å². The highest BCUT2D eigenvalue weighted by atomic mass is 28.5. The predicted octanol–water partition coefficient (Wildman–Crippen LogP) is 6.57. The van der Waals surface area contributed by atoms with E-state index < -0.39 is 33.8 Å². The van der Waals surface area contributed by atoms with Crippen molar-refractivity contribution in [3.63, 3.8) is 0 Å². The summed E-state index contributed by atoms with van der Waals surface area (Å²) in [5.41, 5.74) is 0.414. The van der Waals surface area contributed by atoms with Gasteiger partial charge < -0.3 is 21.8 Å². The van der Waals surface area contributed by atoms with Crippen LogP contribution in [0.15, 0.2) is 12.2 Å². The van der Waals surface area contributed by atoms with E-state index in [1.165, 1.54) is 0 Å². The lowest BCUT2D eigenvalue weighted by molar-refractivity contribution is -0.138. The first-order valence-electron chi connectivity index (χ1n) is 11.7. The number of rotatable bonds is 15. The number of hydrogen-bond acceptors (Lipinski definition) is 6. The first-order valence-corrected chi connectivity index (χ1v) is 23.0. The van der Waals surface area contributed by atoms with E-state index in [0.717, 1.165) is 25.1 Å². The van der Waals surface area contributed by atoms with Gasteiger partial charge in [-0.1, -0.05) is 27.4 Å². The van der Waals surface area contributed by atoms with Crippen LogP contribution in [-0.4, -0.2) is 60.0 Å². The van der Waals surface area contributed by atoms with Crippen LogP contribution in [0.1, 0.15) is 40.5 Å². The van der Waals surface area contributed by atoms with Crippen LogP contribution >= 0.6 is 0 Å². The van der Waals surface area contributed by atoms with Gasteiger partial charge >= 0.3 is 23.1 Å². The molecule has 0 aromatic rings. The molecule has 0 aromatic heterocycles. The number of carbonyl (C=O) groups is 1. The summed E-state index contributed by atoms with van der Waals surface area (Å²) < 4.78 is 30.6. The van der Waals surface area contributed by atoms with Gasteiger partial charge in [0.15, 0.2) is 16.6 Å². The molecule has 0 aromatic carbocycles. The SMILES string of the molecule is C=C(C)C(=O)OCCC[Si](C)(OC)O[Si](C)(C)O[Si](C)(C)CCCO[Si](C)(C)C(C)(C)C. The summed E-state index contributed by atoms with van der Waals surface area (Å²) in [5, 5.41) is 0.233. The average Bonchev–Trinajstić information content (AvgIpc) is 2.59. The molecule has 0 spiro atoms. The Morgan fingerprint density at radius 2 is 1.41 bits per heavy atom. The molecule has 0 aliphatic carbocycles. The van der Waals surface area contributed by atoms with Gasteiger partial charge in [0.1, 0.15) is 0 Å². The van der Waals surface area contributed by atoms with Crippen LogP contribution in [0.3, 0.4) is 0 Å². The van der Waals surface area contributed by atoms with Crippen molar-refractivity contribution < 1.29 is 26.6 Å². The molecule has 0 fully saturated rings. The van der Waals surface area contributed by atoms with Crippen molar-refractivity contribution >= 4 is 39.7 Å². The third-order valence-electron chi connectivity index (χ3n) is 5.96. The van der Waals surface area contributed by atoms with E-state index >= 15 is 0 Å². The van der Waals surface area contributed by atoms with E-state index in [1.54, 1.807) is 14.0 Å². The molecule has 10 heteroatoms. The van der Waals surface area contributed by atoms with Crippen LogP contribution in [0, 0.1) is 0 Å². The van der Waals surface area contributed by atoms with Crippen molar-refractivity contribution in [2.24, 2.45) is 0 Å². The van der Waals surface area contributed by atoms with E-state index in [4.69, 9.17) is 21.8 Å². The van der Waals surface area contributed by atoms with Gasteiger partial charge in [-0.3, -0.25) is 0 Å². The topological polar surface area (TPSA) is 63.2 Å². The minimum absolute atomic E-state index is 0.233. The standard InChI is InChI=1S/C22H50O6Si4/c1-20(2)21(23)25-16-14-19-32(13,24-6)28-31(11,12)27-29(7,8)18-15-17-26-30(9,10)22(3,4)5/h1,14-19H2,2-13H3. The quantitative estimate of drug-likeness (QED) is 0.105. The van der Waals surface area contributed by atoms with Crippen molar-refractivity contribution in [3.05, 3.63) is 12.2 Å². The van der Waals surface area contributed by atoms with Crippen LogP contribution in [0.25, 0.3) is 0 Å². The molecule has 0 radical (unpaired) electrons. The lowest BCUT2D eigenvalue weighted by Crippen LogP contribution is -2.54. The Morgan fingerprint density at radius 1 is 0.875 bits per heavy atom. The molecule has 0 rings (SSSR count). The Kier molecular flexibility index (Phi) is 12.5. The molecule has 32 heavy (non-hydrogen) atoms. The fraction of sp³-hybridized carbons (Fsp3) is 0.864. The van der Waals surface area contributed by atoms with Crippen LogP contribution in [0.4, 0.5) is 0 Å². The van der Waals surface area contributed by atoms with Gasteiger partial charge in [0.25, 0.3) is 0 Å². The third-order valence-corrected chi connectivity index (χ3v) is 22.1. The Hall–Kier alpha value is -0.0825. The Bertz CT molecular complexity index is 616. The minimum atomic E-state index is -2.42. The zero-order chi connectivity index (χ0) is 25.4. The van der Waals surface area contributed by atoms with Crippen LogP contribution in [0.5, 0.6) is 0 Å². The highest BCUT2D eigenvalue weighted by Gasteiger charge is 2.42. The van der Waals surface area contributed by atoms with Crippen molar-refractivity contribution in [3.8, 4) is 0 Å². The fourth-order valence-corrected chi connectivity index (χ4v) is 17.4. The zero-order valence-corrected chi connectivity index (χ0v) is 26.9. The fourth-order valence-electron chi connectivity index (χ4n) is 3.18. The number of hydrogen-bond donors (Lipinski definition) is 0. The normalized spacial score (nSPS) is 15.4. The smallest absolute Gasteiger partial charge is 0.333 e. The van der Waals surface area contributed by atoms with E-state index in [1.807, 2.05) is 0 Å². The van der Waals surface area contributed by atoms with Crippen LogP contribution in [0.2, 0.25) is 63.0 Å². The molecule has 1 atom stereocenters. The van der Waals surface area contributed by atoms with Gasteiger partial charge in [-0.05, 0) is 82.7 Å². The first kappa shape index (κ1) is 31.9. The summed E-state index contributed by atoms with van der Waals surface area (Å²) in [4.78, 5) is 11.5. The van der Waals surface area contributed by atoms with Crippen LogP contribution in [-0.2, 0) is 26.6 Å². The second kappa shape index (κ2) is 12.6. The molecule has 0 amide bonds. The van der Waals surface area contributed by atoms with Crippen molar-refractivity contribution in [2.45, 2.75) is 103 Å². The minimum Gasteiger partial charge on any atom is -0.462 e. The Balaban J connectivity index is 4.68. The highest BCUT2D eigenvalue weighted by Crippen LogP contribution is 2.36. The summed E-state index contributed by atoms with van der Waals surface area (Å²) in [5.74, 6) is -0.352. The molecule has 0 aliphatic heterocycles. The van der Waals surface area contributed by atoms with E-state index in [9.17, 15) is 4.79 Å². The molecule has 0 aliphatic rings. The molecule has 0 heterocycles. The van der Waals surface area contributed by atoms with Gasteiger partial charge in [-0.25, -0.2) is 4.79 Å². The number of esters is 1. The van der Waals surface area contributed by atoms with E-state index in [-0.39, 0.29) is 11.0 Å². The van der Waals surface area contributed by atoms with Crippen molar-refractivity contribution in [1.29, 1.82) is 0 Å². The lowest BCUT2D eigenvalue weighted by Gasteiger charge is -2.39. The first-order chi connectivity index (χ1) is 14.3. The van der Waals surface area contributed by atoms with E-state index in [2.05, 4.69) is 73.2 Å². The van der Waals surface area contributed by atoms with Crippen molar-refractivity contribution in [1.82, 2.24) is 0 Å². The lowest BCUT2D eigenvalue weighted by atomic mass is 10.2. The van der Waals surface area contributed by atoms with Gasteiger partial charge in [0.2, 0.25) is 0 Å². The number of ether oxygens (including phenoxy) is 1. The van der Waals surface area contributed by atoms with Crippen molar-refractivity contribution in [2.75, 3.05) is 20.3 Å². The summed E-state index contributed by atoms with van der Waals surface area (Å²) in [6.07, 6.45) is 1.72. The summed E-state index contributed by atoms with van der Waals surface area (Å²) in [7, 11) is -6.69. The molecular formula is C22H50O6Si4. The molecule has 190 valence electrons.